The first-order valence-corrected chi connectivity index (χ1v) is 7.51. The molecule has 0 aromatic heterocycles. The van der Waals surface area contributed by atoms with Crippen LogP contribution >= 0.6 is 0 Å². The first-order valence-electron chi connectivity index (χ1n) is 7.51. The summed E-state index contributed by atoms with van der Waals surface area (Å²) in [5.41, 5.74) is 3.61. The second-order valence-electron chi connectivity index (χ2n) is 5.63. The van der Waals surface area contributed by atoms with Crippen LogP contribution in [0.5, 0.6) is 5.75 Å². The van der Waals surface area contributed by atoms with Gasteiger partial charge in [0, 0.05) is 11.3 Å². The van der Waals surface area contributed by atoms with Crippen molar-refractivity contribution in [1.29, 1.82) is 0 Å². The number of rotatable bonds is 4. The van der Waals surface area contributed by atoms with Crippen molar-refractivity contribution in [3.05, 3.63) is 84.0 Å². The Morgan fingerprint density at radius 2 is 1.78 bits per heavy atom. The van der Waals surface area contributed by atoms with Crippen LogP contribution in [0.15, 0.2) is 78.4 Å². The van der Waals surface area contributed by atoms with Crippen molar-refractivity contribution in [3.63, 3.8) is 0 Å². The van der Waals surface area contributed by atoms with E-state index in [0.717, 1.165) is 28.1 Å². The molecule has 3 heteroatoms. The normalized spacial score (nSPS) is 18.7. The molecule has 1 amide bonds. The Labute approximate surface area is 136 Å². The van der Waals surface area contributed by atoms with Crippen LogP contribution in [0, 0.1) is 0 Å². The standard InChI is InChI=1S/C20H19NO2/c1-14(2)13-18-19(15-7-5-4-6-8-15)21(20(18)22)16-9-11-17(23-3)12-10-16/h4-13,19H,1H2,2-3H3/b18-13+. The van der Waals surface area contributed by atoms with Crippen LogP contribution in [0.4, 0.5) is 5.69 Å². The number of hydrogen-bond donors (Lipinski definition) is 0. The molecule has 0 radical (unpaired) electrons. The minimum absolute atomic E-state index is 0.0204. The smallest absolute Gasteiger partial charge is 0.257 e. The summed E-state index contributed by atoms with van der Waals surface area (Å²) in [4.78, 5) is 14.4. The number of β-lactam (4-membered cyclic amide) rings is 1. The van der Waals surface area contributed by atoms with Crippen molar-refractivity contribution >= 4 is 11.6 Å². The number of carbonyl (C=O) groups is 1. The Bertz CT molecular complexity index is 760. The van der Waals surface area contributed by atoms with E-state index in [1.165, 1.54) is 0 Å². The largest absolute Gasteiger partial charge is 0.497 e. The Morgan fingerprint density at radius 1 is 1.13 bits per heavy atom. The molecule has 1 atom stereocenters. The molecule has 0 aliphatic carbocycles. The first-order chi connectivity index (χ1) is 11.1. The highest BCUT2D eigenvalue weighted by Crippen LogP contribution is 2.43. The highest BCUT2D eigenvalue weighted by atomic mass is 16.5. The molecule has 1 saturated heterocycles. The van der Waals surface area contributed by atoms with Crippen LogP contribution < -0.4 is 9.64 Å². The Kier molecular flexibility index (Phi) is 4.02. The predicted octanol–water partition coefficient (Wildman–Crippen LogP) is 4.29. The van der Waals surface area contributed by atoms with Gasteiger partial charge in [-0.3, -0.25) is 9.69 Å². The summed E-state index contributed by atoms with van der Waals surface area (Å²) in [5, 5.41) is 0. The minimum atomic E-state index is -0.0752. The number of carbonyl (C=O) groups excluding carboxylic acids is 1. The molecular weight excluding hydrogens is 286 g/mol. The van der Waals surface area contributed by atoms with Gasteiger partial charge >= 0.3 is 0 Å². The molecule has 3 nitrogen and oxygen atoms in total. The summed E-state index contributed by atoms with van der Waals surface area (Å²) in [5.74, 6) is 0.794. The van der Waals surface area contributed by atoms with Crippen molar-refractivity contribution in [3.8, 4) is 5.75 Å². The van der Waals surface area contributed by atoms with Gasteiger partial charge in [-0.05, 0) is 42.8 Å². The first kappa shape index (κ1) is 15.1. The summed E-state index contributed by atoms with van der Waals surface area (Å²) in [6, 6.07) is 17.5. The van der Waals surface area contributed by atoms with Gasteiger partial charge in [0.15, 0.2) is 0 Å². The lowest BCUT2D eigenvalue weighted by Gasteiger charge is -2.43. The lowest BCUT2D eigenvalue weighted by molar-refractivity contribution is -0.119. The summed E-state index contributed by atoms with van der Waals surface area (Å²) >= 11 is 0. The maximum atomic E-state index is 12.6. The van der Waals surface area contributed by atoms with Gasteiger partial charge in [-0.1, -0.05) is 42.5 Å². The van der Waals surface area contributed by atoms with Crippen molar-refractivity contribution in [2.75, 3.05) is 12.0 Å². The molecular formula is C20H19NO2. The number of allylic oxidation sites excluding steroid dienone is 2. The molecule has 0 N–H and O–H groups in total. The molecule has 1 aliphatic heterocycles. The zero-order valence-electron chi connectivity index (χ0n) is 13.3. The van der Waals surface area contributed by atoms with Crippen LogP contribution in [0.1, 0.15) is 18.5 Å². The summed E-state index contributed by atoms with van der Waals surface area (Å²) in [6.07, 6.45) is 1.88. The van der Waals surface area contributed by atoms with E-state index in [4.69, 9.17) is 4.74 Å². The molecule has 0 saturated carbocycles. The molecule has 1 heterocycles. The average molecular weight is 305 g/mol. The molecule has 0 spiro atoms. The number of amides is 1. The van der Waals surface area contributed by atoms with E-state index >= 15 is 0 Å². The molecule has 2 aromatic carbocycles. The van der Waals surface area contributed by atoms with Crippen molar-refractivity contribution in [2.45, 2.75) is 13.0 Å². The maximum Gasteiger partial charge on any atom is 0.257 e. The monoisotopic (exact) mass is 305 g/mol. The van der Waals surface area contributed by atoms with E-state index in [0.29, 0.717) is 0 Å². The molecule has 1 fully saturated rings. The van der Waals surface area contributed by atoms with Crippen LogP contribution in [-0.4, -0.2) is 13.0 Å². The van der Waals surface area contributed by atoms with E-state index in [-0.39, 0.29) is 11.9 Å². The predicted molar refractivity (Wildman–Crippen MR) is 92.6 cm³/mol. The molecule has 1 aliphatic rings. The SMILES string of the molecule is C=C(C)/C=C1/C(=O)N(c2ccc(OC)cc2)C1c1ccccc1. The number of ether oxygens (including phenoxy) is 1. The van der Waals surface area contributed by atoms with Crippen LogP contribution in [0.25, 0.3) is 0 Å². The summed E-state index contributed by atoms with van der Waals surface area (Å²) < 4.78 is 5.19. The van der Waals surface area contributed by atoms with Gasteiger partial charge in [-0.25, -0.2) is 0 Å². The second kappa shape index (κ2) is 6.13. The molecule has 23 heavy (non-hydrogen) atoms. The van der Waals surface area contributed by atoms with E-state index in [9.17, 15) is 4.79 Å². The molecule has 1 unspecified atom stereocenters. The fourth-order valence-corrected chi connectivity index (χ4v) is 2.83. The van der Waals surface area contributed by atoms with E-state index in [1.807, 2.05) is 72.5 Å². The fraction of sp³-hybridized carbons (Fsp3) is 0.150. The number of anilines is 1. The topological polar surface area (TPSA) is 29.5 Å². The third-order valence-electron chi connectivity index (χ3n) is 3.89. The fourth-order valence-electron chi connectivity index (χ4n) is 2.83. The number of methoxy groups -OCH3 is 1. The number of hydrogen-bond acceptors (Lipinski definition) is 2. The molecule has 116 valence electrons. The molecule has 0 bridgehead atoms. The Morgan fingerprint density at radius 3 is 2.35 bits per heavy atom. The second-order valence-corrected chi connectivity index (χ2v) is 5.63. The summed E-state index contributed by atoms with van der Waals surface area (Å²) in [6.45, 7) is 5.80. The van der Waals surface area contributed by atoms with E-state index < -0.39 is 0 Å². The quantitative estimate of drug-likeness (QED) is 0.623. The van der Waals surface area contributed by atoms with E-state index in [2.05, 4.69) is 6.58 Å². The van der Waals surface area contributed by atoms with Gasteiger partial charge in [0.25, 0.3) is 5.91 Å². The highest BCUT2D eigenvalue weighted by molar-refractivity contribution is 6.15. The van der Waals surface area contributed by atoms with Gasteiger partial charge in [0.1, 0.15) is 5.75 Å². The summed E-state index contributed by atoms with van der Waals surface area (Å²) in [7, 11) is 1.63. The van der Waals surface area contributed by atoms with Crippen molar-refractivity contribution in [1.82, 2.24) is 0 Å². The lowest BCUT2D eigenvalue weighted by Crippen LogP contribution is -2.49. The van der Waals surface area contributed by atoms with Crippen LogP contribution in [-0.2, 0) is 4.79 Å². The zero-order chi connectivity index (χ0) is 16.4. The minimum Gasteiger partial charge on any atom is -0.497 e. The lowest BCUT2D eigenvalue weighted by atomic mass is 9.86. The third kappa shape index (κ3) is 2.78. The van der Waals surface area contributed by atoms with E-state index in [1.54, 1.807) is 7.11 Å². The maximum absolute atomic E-state index is 12.6. The number of nitrogens with zero attached hydrogens (tertiary/aromatic N) is 1. The van der Waals surface area contributed by atoms with Gasteiger partial charge < -0.3 is 4.74 Å². The average Bonchev–Trinajstić information content (AvgIpc) is 2.58. The molecule has 3 rings (SSSR count). The molecule has 2 aromatic rings. The zero-order valence-corrected chi connectivity index (χ0v) is 13.3. The van der Waals surface area contributed by atoms with Gasteiger partial charge in [0.05, 0.1) is 13.2 Å². The van der Waals surface area contributed by atoms with Crippen molar-refractivity contribution < 1.29 is 9.53 Å². The van der Waals surface area contributed by atoms with Gasteiger partial charge in [0.2, 0.25) is 0 Å². The number of benzene rings is 2. The highest BCUT2D eigenvalue weighted by Gasteiger charge is 2.43. The van der Waals surface area contributed by atoms with Crippen LogP contribution in [0.2, 0.25) is 0 Å². The Balaban J connectivity index is 2.01. The van der Waals surface area contributed by atoms with Crippen LogP contribution in [0.3, 0.4) is 0 Å². The third-order valence-corrected chi connectivity index (χ3v) is 3.89. The van der Waals surface area contributed by atoms with Gasteiger partial charge in [-0.15, -0.1) is 0 Å². The van der Waals surface area contributed by atoms with Gasteiger partial charge in [-0.2, -0.15) is 0 Å². The Hall–Kier alpha value is -2.81. The van der Waals surface area contributed by atoms with Crippen molar-refractivity contribution in [2.24, 2.45) is 0 Å².